The summed E-state index contributed by atoms with van der Waals surface area (Å²) in [7, 11) is 0. The summed E-state index contributed by atoms with van der Waals surface area (Å²) >= 11 is 7.57. The number of nitrogens with two attached hydrogens (primary N) is 1. The largest absolute Gasteiger partial charge is 0.339 e. The van der Waals surface area contributed by atoms with Gasteiger partial charge in [-0.2, -0.15) is 0 Å². The number of piperidine rings is 1. The fourth-order valence-electron chi connectivity index (χ4n) is 4.35. The Morgan fingerprint density at radius 3 is 2.81 bits per heavy atom. The zero-order valence-corrected chi connectivity index (χ0v) is 16.8. The Bertz CT molecular complexity index is 824. The molecule has 6 nitrogen and oxygen atoms in total. The summed E-state index contributed by atoms with van der Waals surface area (Å²) < 4.78 is 1.42. The molecule has 1 saturated carbocycles. The van der Waals surface area contributed by atoms with Gasteiger partial charge in [0.15, 0.2) is 5.82 Å². The number of likely N-dealkylation sites (tertiary alicyclic amines) is 1. The number of benzene rings is 1. The van der Waals surface area contributed by atoms with Gasteiger partial charge >= 0.3 is 0 Å². The second-order valence-corrected chi connectivity index (χ2v) is 8.64. The molecule has 0 bridgehead atoms. The molecule has 4 rings (SSSR count). The Balaban J connectivity index is 1.43. The molecule has 2 aliphatic rings. The van der Waals surface area contributed by atoms with E-state index in [1.54, 1.807) is 6.07 Å². The van der Waals surface area contributed by atoms with Crippen molar-refractivity contribution >= 4 is 29.3 Å². The maximum absolute atomic E-state index is 12.9. The number of thioether (sulfide) groups is 1. The van der Waals surface area contributed by atoms with Crippen LogP contribution in [-0.4, -0.2) is 44.0 Å². The van der Waals surface area contributed by atoms with Gasteiger partial charge in [0.2, 0.25) is 11.1 Å². The normalized spacial score (nSPS) is 22.5. The van der Waals surface area contributed by atoms with Crippen LogP contribution in [0.2, 0.25) is 5.02 Å². The molecule has 1 amide bonds. The Morgan fingerprint density at radius 2 is 1.96 bits per heavy atom. The third-order valence-corrected chi connectivity index (χ3v) is 6.93. The maximum atomic E-state index is 12.9. The second kappa shape index (κ2) is 8.10. The molecule has 27 heavy (non-hydrogen) atoms. The van der Waals surface area contributed by atoms with Crippen LogP contribution in [-0.2, 0) is 4.79 Å². The Kier molecular flexibility index (Phi) is 5.59. The van der Waals surface area contributed by atoms with Gasteiger partial charge in [-0.1, -0.05) is 48.3 Å². The second-order valence-electron chi connectivity index (χ2n) is 7.29. The number of halogens is 1. The highest BCUT2D eigenvalue weighted by atomic mass is 35.5. The van der Waals surface area contributed by atoms with Crippen molar-refractivity contribution in [3.63, 3.8) is 0 Å². The summed E-state index contributed by atoms with van der Waals surface area (Å²) in [4.78, 5) is 15.0. The van der Waals surface area contributed by atoms with Crippen molar-refractivity contribution < 1.29 is 4.79 Å². The van der Waals surface area contributed by atoms with Crippen molar-refractivity contribution in [3.05, 3.63) is 29.3 Å². The number of nitrogens with zero attached hydrogens (tertiary/aromatic N) is 4. The van der Waals surface area contributed by atoms with Crippen LogP contribution in [0.4, 0.5) is 0 Å². The van der Waals surface area contributed by atoms with Crippen LogP contribution in [0.1, 0.15) is 38.5 Å². The lowest BCUT2D eigenvalue weighted by Gasteiger charge is -2.44. The minimum Gasteiger partial charge on any atom is -0.339 e. The molecule has 2 aromatic rings. The first kappa shape index (κ1) is 18.6. The molecule has 1 aromatic heterocycles. The van der Waals surface area contributed by atoms with Crippen molar-refractivity contribution in [2.75, 3.05) is 18.1 Å². The third-order valence-electron chi connectivity index (χ3n) is 5.67. The molecule has 2 atom stereocenters. The van der Waals surface area contributed by atoms with Crippen molar-refractivity contribution in [1.29, 1.82) is 0 Å². The quantitative estimate of drug-likeness (QED) is 0.621. The highest BCUT2D eigenvalue weighted by Crippen LogP contribution is 2.36. The summed E-state index contributed by atoms with van der Waals surface area (Å²) in [5.41, 5.74) is 0.730. The smallest absolute Gasteiger partial charge is 0.233 e. The van der Waals surface area contributed by atoms with Crippen LogP contribution >= 0.6 is 23.4 Å². The lowest BCUT2D eigenvalue weighted by atomic mass is 9.78. The fraction of sp³-hybridized carbons (Fsp3) is 0.526. The Labute approximate surface area is 168 Å². The van der Waals surface area contributed by atoms with E-state index in [4.69, 9.17) is 17.4 Å². The van der Waals surface area contributed by atoms with Gasteiger partial charge in [-0.3, -0.25) is 4.79 Å². The molecule has 1 aliphatic heterocycles. The number of rotatable bonds is 4. The number of fused-ring (bicyclic) bond motifs is 1. The zero-order valence-electron chi connectivity index (χ0n) is 15.2. The summed E-state index contributed by atoms with van der Waals surface area (Å²) in [5, 5.41) is 9.41. The number of nitrogen functional groups attached to an aromatic ring is 1. The van der Waals surface area contributed by atoms with Crippen LogP contribution in [0.5, 0.6) is 0 Å². The first-order valence-electron chi connectivity index (χ1n) is 9.53. The van der Waals surface area contributed by atoms with E-state index in [1.165, 1.54) is 42.1 Å². The van der Waals surface area contributed by atoms with Gasteiger partial charge in [-0.25, -0.2) is 4.68 Å². The highest BCUT2D eigenvalue weighted by molar-refractivity contribution is 7.99. The standard InChI is InChI=1S/C19H24ClN5OS/c20-15-9-3-2-8-14(15)18-22-23-19(25(18)21)27-12-17(26)24-11-5-7-13-6-1-4-10-16(13)24/h2-3,8-9,13,16H,1,4-7,10-12,21H2/t13-,16+/m1/s1. The highest BCUT2D eigenvalue weighted by Gasteiger charge is 2.35. The summed E-state index contributed by atoms with van der Waals surface area (Å²) in [6, 6.07) is 7.80. The monoisotopic (exact) mass is 405 g/mol. The van der Waals surface area contributed by atoms with Gasteiger partial charge < -0.3 is 10.7 Å². The molecule has 1 saturated heterocycles. The molecule has 2 heterocycles. The van der Waals surface area contributed by atoms with E-state index in [0.717, 1.165) is 24.9 Å². The number of carbonyl (C=O) groups excluding carboxylic acids is 1. The van der Waals surface area contributed by atoms with Crippen molar-refractivity contribution in [1.82, 2.24) is 19.8 Å². The minimum absolute atomic E-state index is 0.180. The van der Waals surface area contributed by atoms with Crippen molar-refractivity contribution in [3.8, 4) is 11.4 Å². The molecule has 2 fully saturated rings. The number of carbonyl (C=O) groups is 1. The van der Waals surface area contributed by atoms with E-state index in [-0.39, 0.29) is 5.91 Å². The van der Waals surface area contributed by atoms with E-state index in [1.807, 2.05) is 18.2 Å². The molecule has 0 unspecified atom stereocenters. The summed E-state index contributed by atoms with van der Waals surface area (Å²) in [5.74, 6) is 7.86. The van der Waals surface area contributed by atoms with E-state index in [0.29, 0.717) is 33.7 Å². The predicted molar refractivity (Wildman–Crippen MR) is 108 cm³/mol. The first-order valence-corrected chi connectivity index (χ1v) is 10.9. The molecule has 1 aliphatic carbocycles. The van der Waals surface area contributed by atoms with Gasteiger partial charge in [-0.05, 0) is 43.7 Å². The molecule has 2 N–H and O–H groups in total. The van der Waals surface area contributed by atoms with Crippen LogP contribution in [0.15, 0.2) is 29.4 Å². The average molecular weight is 406 g/mol. The van der Waals surface area contributed by atoms with Gasteiger partial charge in [0.05, 0.1) is 10.8 Å². The molecule has 0 spiro atoms. The molecule has 8 heteroatoms. The van der Waals surface area contributed by atoms with E-state index < -0.39 is 0 Å². The van der Waals surface area contributed by atoms with Crippen LogP contribution in [0, 0.1) is 5.92 Å². The first-order chi connectivity index (χ1) is 13.1. The van der Waals surface area contributed by atoms with Gasteiger partial charge in [-0.15, -0.1) is 10.2 Å². The summed E-state index contributed by atoms with van der Waals surface area (Å²) in [6.45, 7) is 0.876. The third kappa shape index (κ3) is 3.80. The van der Waals surface area contributed by atoms with Crippen molar-refractivity contribution in [2.24, 2.45) is 5.92 Å². The predicted octanol–water partition coefficient (Wildman–Crippen LogP) is 3.59. The average Bonchev–Trinajstić information content (AvgIpc) is 3.06. The molecule has 0 radical (unpaired) electrons. The van der Waals surface area contributed by atoms with Gasteiger partial charge in [0.1, 0.15) is 0 Å². The van der Waals surface area contributed by atoms with E-state index >= 15 is 0 Å². The van der Waals surface area contributed by atoms with Crippen LogP contribution < -0.4 is 5.84 Å². The lowest BCUT2D eigenvalue weighted by Crippen LogP contribution is -2.50. The topological polar surface area (TPSA) is 77.0 Å². The molecule has 144 valence electrons. The number of aromatic nitrogens is 3. The number of hydrogen-bond acceptors (Lipinski definition) is 5. The molecular weight excluding hydrogens is 382 g/mol. The molecular formula is C19H24ClN5OS. The van der Waals surface area contributed by atoms with E-state index in [2.05, 4.69) is 15.1 Å². The lowest BCUT2D eigenvalue weighted by molar-refractivity contribution is -0.134. The zero-order chi connectivity index (χ0) is 18.8. The van der Waals surface area contributed by atoms with Gasteiger partial charge in [0.25, 0.3) is 0 Å². The summed E-state index contributed by atoms with van der Waals surface area (Å²) in [6.07, 6.45) is 7.32. The van der Waals surface area contributed by atoms with Gasteiger partial charge in [0, 0.05) is 18.2 Å². The van der Waals surface area contributed by atoms with Crippen LogP contribution in [0.25, 0.3) is 11.4 Å². The Morgan fingerprint density at radius 1 is 1.19 bits per heavy atom. The maximum Gasteiger partial charge on any atom is 0.233 e. The van der Waals surface area contributed by atoms with E-state index in [9.17, 15) is 4.79 Å². The molecule has 1 aromatic carbocycles. The Hall–Kier alpha value is -1.73. The van der Waals surface area contributed by atoms with Crippen LogP contribution in [0.3, 0.4) is 0 Å². The fourth-order valence-corrected chi connectivity index (χ4v) is 5.31. The van der Waals surface area contributed by atoms with Crippen molar-refractivity contribution in [2.45, 2.75) is 49.7 Å². The number of amides is 1. The minimum atomic E-state index is 0.180. The number of hydrogen-bond donors (Lipinski definition) is 1. The SMILES string of the molecule is Nn1c(SCC(=O)N2CCC[C@H]3CCCC[C@@H]32)nnc1-c1ccccc1Cl.